The van der Waals surface area contributed by atoms with Gasteiger partial charge in [0.1, 0.15) is 0 Å². The molecule has 2 nitrogen and oxygen atoms in total. The standard InChI is InChI=1S/C14H18O2/c1-4-5-6-7-10-16-13-9-8-12(2)11-14(13)15-3/h1,8-9,11H,5-7,10H2,2-3H3. The van der Waals surface area contributed by atoms with Crippen LogP contribution in [0.15, 0.2) is 18.2 Å². The molecule has 0 aliphatic carbocycles. The van der Waals surface area contributed by atoms with Crippen LogP contribution in [-0.2, 0) is 0 Å². The molecule has 0 saturated carbocycles. The molecule has 0 aliphatic rings. The number of unbranched alkanes of at least 4 members (excludes halogenated alkanes) is 2. The normalized spacial score (nSPS) is 9.56. The summed E-state index contributed by atoms with van der Waals surface area (Å²) < 4.78 is 10.9. The lowest BCUT2D eigenvalue weighted by atomic mass is 10.2. The van der Waals surface area contributed by atoms with Crippen molar-refractivity contribution in [2.45, 2.75) is 26.2 Å². The smallest absolute Gasteiger partial charge is 0.161 e. The Morgan fingerprint density at radius 1 is 1.25 bits per heavy atom. The van der Waals surface area contributed by atoms with Crippen LogP contribution >= 0.6 is 0 Å². The molecule has 1 aromatic carbocycles. The molecule has 1 aromatic rings. The Morgan fingerprint density at radius 3 is 2.75 bits per heavy atom. The van der Waals surface area contributed by atoms with E-state index in [0.29, 0.717) is 6.61 Å². The molecular formula is C14H18O2. The van der Waals surface area contributed by atoms with Crippen molar-refractivity contribution in [2.24, 2.45) is 0 Å². The first-order chi connectivity index (χ1) is 7.77. The van der Waals surface area contributed by atoms with Gasteiger partial charge in [0.2, 0.25) is 0 Å². The number of methoxy groups -OCH3 is 1. The van der Waals surface area contributed by atoms with Gasteiger partial charge in [-0.3, -0.25) is 0 Å². The van der Waals surface area contributed by atoms with Crippen LogP contribution < -0.4 is 9.47 Å². The Labute approximate surface area is 97.6 Å². The van der Waals surface area contributed by atoms with Crippen molar-refractivity contribution in [3.63, 3.8) is 0 Å². The van der Waals surface area contributed by atoms with E-state index >= 15 is 0 Å². The summed E-state index contributed by atoms with van der Waals surface area (Å²) in [5.41, 5.74) is 1.16. The molecule has 0 amide bonds. The Bertz CT molecular complexity index is 363. The minimum Gasteiger partial charge on any atom is -0.493 e. The van der Waals surface area contributed by atoms with Crippen LogP contribution in [0.25, 0.3) is 0 Å². The first kappa shape index (κ1) is 12.4. The molecule has 0 aliphatic heterocycles. The summed E-state index contributed by atoms with van der Waals surface area (Å²) in [5, 5.41) is 0. The highest BCUT2D eigenvalue weighted by atomic mass is 16.5. The minimum absolute atomic E-state index is 0.682. The third-order valence-corrected chi connectivity index (χ3v) is 2.29. The zero-order chi connectivity index (χ0) is 11.8. The molecule has 0 aromatic heterocycles. The Balaban J connectivity index is 2.44. The summed E-state index contributed by atoms with van der Waals surface area (Å²) in [4.78, 5) is 0. The van der Waals surface area contributed by atoms with Crippen LogP contribution in [0.1, 0.15) is 24.8 Å². The van der Waals surface area contributed by atoms with E-state index in [4.69, 9.17) is 15.9 Å². The fraction of sp³-hybridized carbons (Fsp3) is 0.429. The van der Waals surface area contributed by atoms with Crippen LogP contribution in [0.4, 0.5) is 0 Å². The molecular weight excluding hydrogens is 200 g/mol. The van der Waals surface area contributed by atoms with Crippen molar-refractivity contribution in [2.75, 3.05) is 13.7 Å². The number of hydrogen-bond acceptors (Lipinski definition) is 2. The monoisotopic (exact) mass is 218 g/mol. The fourth-order valence-electron chi connectivity index (χ4n) is 1.41. The quantitative estimate of drug-likeness (QED) is 0.539. The maximum atomic E-state index is 5.64. The summed E-state index contributed by atoms with van der Waals surface area (Å²) in [6.45, 7) is 2.71. The average molecular weight is 218 g/mol. The second-order valence-corrected chi connectivity index (χ2v) is 3.66. The fourth-order valence-corrected chi connectivity index (χ4v) is 1.41. The third-order valence-electron chi connectivity index (χ3n) is 2.29. The molecule has 0 saturated heterocycles. The van der Waals surface area contributed by atoms with Gasteiger partial charge in [-0.15, -0.1) is 12.3 Å². The third kappa shape index (κ3) is 3.86. The van der Waals surface area contributed by atoms with E-state index in [1.54, 1.807) is 7.11 Å². The van der Waals surface area contributed by atoms with Gasteiger partial charge in [0.25, 0.3) is 0 Å². The first-order valence-electron chi connectivity index (χ1n) is 5.49. The zero-order valence-electron chi connectivity index (χ0n) is 9.95. The lowest BCUT2D eigenvalue weighted by molar-refractivity contribution is 0.287. The van der Waals surface area contributed by atoms with Gasteiger partial charge >= 0.3 is 0 Å². The predicted molar refractivity (Wildman–Crippen MR) is 65.9 cm³/mol. The summed E-state index contributed by atoms with van der Waals surface area (Å²) in [6, 6.07) is 5.92. The van der Waals surface area contributed by atoms with Crippen molar-refractivity contribution in [3.8, 4) is 23.8 Å². The first-order valence-corrected chi connectivity index (χ1v) is 5.49. The number of ether oxygens (including phenoxy) is 2. The number of terminal acetylenes is 1. The van der Waals surface area contributed by atoms with E-state index in [1.165, 1.54) is 0 Å². The van der Waals surface area contributed by atoms with Crippen LogP contribution in [0, 0.1) is 19.3 Å². The van der Waals surface area contributed by atoms with Crippen LogP contribution in [0.5, 0.6) is 11.5 Å². The molecule has 16 heavy (non-hydrogen) atoms. The summed E-state index contributed by atoms with van der Waals surface area (Å²) in [7, 11) is 1.65. The number of rotatable bonds is 6. The largest absolute Gasteiger partial charge is 0.493 e. The van der Waals surface area contributed by atoms with E-state index in [9.17, 15) is 0 Å². The lowest BCUT2D eigenvalue weighted by Gasteiger charge is -2.10. The van der Waals surface area contributed by atoms with Crippen molar-refractivity contribution in [1.29, 1.82) is 0 Å². The Hall–Kier alpha value is -1.62. The second kappa shape index (κ2) is 6.79. The topological polar surface area (TPSA) is 18.5 Å². The molecule has 0 bridgehead atoms. The molecule has 0 N–H and O–H groups in total. The molecule has 0 unspecified atom stereocenters. The van der Waals surface area contributed by atoms with Gasteiger partial charge in [-0.05, 0) is 37.5 Å². The summed E-state index contributed by atoms with van der Waals surface area (Å²) >= 11 is 0. The zero-order valence-corrected chi connectivity index (χ0v) is 9.95. The van der Waals surface area contributed by atoms with E-state index in [1.807, 2.05) is 25.1 Å². The number of benzene rings is 1. The maximum Gasteiger partial charge on any atom is 0.161 e. The highest BCUT2D eigenvalue weighted by molar-refractivity contribution is 5.42. The van der Waals surface area contributed by atoms with E-state index in [0.717, 1.165) is 36.3 Å². The second-order valence-electron chi connectivity index (χ2n) is 3.66. The van der Waals surface area contributed by atoms with Gasteiger partial charge in [0, 0.05) is 6.42 Å². The lowest BCUT2D eigenvalue weighted by Crippen LogP contribution is -1.99. The van der Waals surface area contributed by atoms with E-state index in [-0.39, 0.29) is 0 Å². The SMILES string of the molecule is C#CCCCCOc1ccc(C)cc1OC. The summed E-state index contributed by atoms with van der Waals surface area (Å²) in [5.74, 6) is 4.20. The molecule has 86 valence electrons. The average Bonchev–Trinajstić information content (AvgIpc) is 2.30. The van der Waals surface area contributed by atoms with Crippen LogP contribution in [0.2, 0.25) is 0 Å². The van der Waals surface area contributed by atoms with Crippen molar-refractivity contribution in [1.82, 2.24) is 0 Å². The van der Waals surface area contributed by atoms with Crippen molar-refractivity contribution < 1.29 is 9.47 Å². The summed E-state index contributed by atoms with van der Waals surface area (Å²) in [6.07, 6.45) is 7.97. The molecule has 0 atom stereocenters. The van der Waals surface area contributed by atoms with E-state index in [2.05, 4.69) is 5.92 Å². The highest BCUT2D eigenvalue weighted by Gasteiger charge is 2.03. The minimum atomic E-state index is 0.682. The number of hydrogen-bond donors (Lipinski definition) is 0. The molecule has 0 radical (unpaired) electrons. The van der Waals surface area contributed by atoms with Gasteiger partial charge in [0.05, 0.1) is 13.7 Å². The van der Waals surface area contributed by atoms with Gasteiger partial charge in [-0.2, -0.15) is 0 Å². The molecule has 0 heterocycles. The Kier molecular flexibility index (Phi) is 5.28. The van der Waals surface area contributed by atoms with Gasteiger partial charge in [-0.1, -0.05) is 6.07 Å². The van der Waals surface area contributed by atoms with Crippen molar-refractivity contribution >= 4 is 0 Å². The number of aryl methyl sites for hydroxylation is 1. The molecule has 1 rings (SSSR count). The van der Waals surface area contributed by atoms with Crippen molar-refractivity contribution in [3.05, 3.63) is 23.8 Å². The van der Waals surface area contributed by atoms with Gasteiger partial charge in [0.15, 0.2) is 11.5 Å². The van der Waals surface area contributed by atoms with E-state index < -0.39 is 0 Å². The highest BCUT2D eigenvalue weighted by Crippen LogP contribution is 2.27. The van der Waals surface area contributed by atoms with Crippen LogP contribution in [-0.4, -0.2) is 13.7 Å². The Morgan fingerprint density at radius 2 is 2.06 bits per heavy atom. The molecule has 0 spiro atoms. The maximum absolute atomic E-state index is 5.64. The predicted octanol–water partition coefficient (Wildman–Crippen LogP) is 3.19. The van der Waals surface area contributed by atoms with Gasteiger partial charge in [-0.25, -0.2) is 0 Å². The van der Waals surface area contributed by atoms with Crippen LogP contribution in [0.3, 0.4) is 0 Å². The molecule has 0 fully saturated rings. The van der Waals surface area contributed by atoms with Gasteiger partial charge < -0.3 is 9.47 Å². The molecule has 2 heteroatoms.